The first kappa shape index (κ1) is 20.6. The summed E-state index contributed by atoms with van der Waals surface area (Å²) in [6.07, 6.45) is 6.96. The maximum atomic E-state index is 13.3. The van der Waals surface area contributed by atoms with E-state index in [-0.39, 0.29) is 11.6 Å². The molecule has 2 aliphatic heterocycles. The highest BCUT2D eigenvalue weighted by Gasteiger charge is 2.58. The third kappa shape index (κ3) is 3.55. The van der Waals surface area contributed by atoms with Gasteiger partial charge in [-0.1, -0.05) is 61.4 Å². The SMILES string of the molecule is CC1(C)NC(=O)C2(CCN([C@@H]3CCCC[C@@H]3c3ccccc3)CC2)N1c1ccccc1. The fourth-order valence-electron chi connectivity index (χ4n) is 6.55. The molecule has 1 spiro atoms. The molecule has 2 atom stereocenters. The van der Waals surface area contributed by atoms with Crippen LogP contribution in [0, 0.1) is 0 Å². The van der Waals surface area contributed by atoms with Crippen LogP contribution in [-0.2, 0) is 4.79 Å². The molecule has 0 unspecified atom stereocenters. The lowest BCUT2D eigenvalue weighted by molar-refractivity contribution is -0.125. The quantitative estimate of drug-likeness (QED) is 0.770. The van der Waals surface area contributed by atoms with Crippen molar-refractivity contribution in [3.05, 3.63) is 66.2 Å². The van der Waals surface area contributed by atoms with Crippen LogP contribution in [0.2, 0.25) is 0 Å². The number of hydrogen-bond donors (Lipinski definition) is 1. The maximum absolute atomic E-state index is 13.3. The van der Waals surface area contributed by atoms with E-state index in [4.69, 9.17) is 0 Å². The summed E-state index contributed by atoms with van der Waals surface area (Å²) in [5.41, 5.74) is 1.80. The van der Waals surface area contributed by atoms with Crippen molar-refractivity contribution in [1.29, 1.82) is 0 Å². The van der Waals surface area contributed by atoms with Gasteiger partial charge in [-0.25, -0.2) is 0 Å². The maximum Gasteiger partial charge on any atom is 0.247 e. The van der Waals surface area contributed by atoms with Crippen LogP contribution in [0.5, 0.6) is 0 Å². The van der Waals surface area contributed by atoms with E-state index in [0.29, 0.717) is 12.0 Å². The molecule has 1 amide bonds. The van der Waals surface area contributed by atoms with Crippen LogP contribution in [-0.4, -0.2) is 41.1 Å². The second-order valence-electron chi connectivity index (χ2n) is 10.1. The molecule has 0 radical (unpaired) electrons. The van der Waals surface area contributed by atoms with Crippen LogP contribution in [0.15, 0.2) is 60.7 Å². The molecule has 0 bridgehead atoms. The number of rotatable bonds is 3. The molecule has 1 saturated carbocycles. The number of amides is 1. The van der Waals surface area contributed by atoms with E-state index >= 15 is 0 Å². The summed E-state index contributed by atoms with van der Waals surface area (Å²) in [5.74, 6) is 0.812. The molecular formula is C27H35N3O. The zero-order valence-electron chi connectivity index (χ0n) is 18.9. The highest BCUT2D eigenvalue weighted by atomic mass is 16.2. The Morgan fingerprint density at radius 1 is 0.871 bits per heavy atom. The van der Waals surface area contributed by atoms with Gasteiger partial charge in [0.15, 0.2) is 0 Å². The van der Waals surface area contributed by atoms with Crippen molar-refractivity contribution in [1.82, 2.24) is 10.2 Å². The van der Waals surface area contributed by atoms with Crippen molar-refractivity contribution in [2.24, 2.45) is 0 Å². The number of benzene rings is 2. The molecule has 5 rings (SSSR count). The van der Waals surface area contributed by atoms with Crippen LogP contribution in [0.1, 0.15) is 63.9 Å². The Morgan fingerprint density at radius 2 is 1.48 bits per heavy atom. The highest BCUT2D eigenvalue weighted by Crippen LogP contribution is 2.44. The number of hydrogen-bond acceptors (Lipinski definition) is 3. The van der Waals surface area contributed by atoms with Gasteiger partial charge in [-0.2, -0.15) is 0 Å². The van der Waals surface area contributed by atoms with Crippen molar-refractivity contribution >= 4 is 11.6 Å². The minimum atomic E-state index is -0.446. The van der Waals surface area contributed by atoms with Gasteiger partial charge in [0.25, 0.3) is 0 Å². The molecule has 31 heavy (non-hydrogen) atoms. The molecule has 2 aromatic rings. The number of carbonyl (C=O) groups is 1. The van der Waals surface area contributed by atoms with Crippen LogP contribution < -0.4 is 10.2 Å². The number of piperidine rings is 1. The van der Waals surface area contributed by atoms with Crippen LogP contribution >= 0.6 is 0 Å². The van der Waals surface area contributed by atoms with E-state index in [9.17, 15) is 4.79 Å². The lowest BCUT2D eigenvalue weighted by Gasteiger charge is -2.50. The number of likely N-dealkylation sites (tertiary alicyclic amines) is 1. The Kier molecular flexibility index (Phi) is 5.29. The fourth-order valence-corrected chi connectivity index (χ4v) is 6.55. The summed E-state index contributed by atoms with van der Waals surface area (Å²) in [7, 11) is 0. The summed E-state index contributed by atoms with van der Waals surface area (Å²) in [6.45, 7) is 6.23. The first-order valence-corrected chi connectivity index (χ1v) is 12.0. The van der Waals surface area contributed by atoms with Gasteiger partial charge in [-0.3, -0.25) is 9.69 Å². The number of carbonyl (C=O) groups excluding carboxylic acids is 1. The van der Waals surface area contributed by atoms with Crippen LogP contribution in [0.3, 0.4) is 0 Å². The van der Waals surface area contributed by atoms with E-state index in [0.717, 1.165) is 31.6 Å². The average molecular weight is 418 g/mol. The average Bonchev–Trinajstić information content (AvgIpc) is 2.99. The zero-order valence-corrected chi connectivity index (χ0v) is 18.9. The molecule has 4 heteroatoms. The van der Waals surface area contributed by atoms with Crippen LogP contribution in [0.4, 0.5) is 5.69 Å². The number of anilines is 1. The molecule has 3 aliphatic rings. The summed E-state index contributed by atoms with van der Waals surface area (Å²) in [4.78, 5) is 18.4. The molecule has 3 fully saturated rings. The van der Waals surface area contributed by atoms with Crippen molar-refractivity contribution in [2.75, 3.05) is 18.0 Å². The Balaban J connectivity index is 1.39. The van der Waals surface area contributed by atoms with Gasteiger partial charge in [0.05, 0.1) is 0 Å². The van der Waals surface area contributed by atoms with Gasteiger partial charge >= 0.3 is 0 Å². The number of nitrogens with one attached hydrogen (secondary N) is 1. The number of para-hydroxylation sites is 1. The Morgan fingerprint density at radius 3 is 2.16 bits per heavy atom. The fraction of sp³-hybridized carbons (Fsp3) is 0.519. The van der Waals surface area contributed by atoms with Gasteiger partial charge in [-0.05, 0) is 63.1 Å². The third-order valence-electron chi connectivity index (χ3n) is 7.89. The molecule has 1 N–H and O–H groups in total. The monoisotopic (exact) mass is 417 g/mol. The molecule has 1 aliphatic carbocycles. The highest BCUT2D eigenvalue weighted by molar-refractivity contribution is 5.95. The second-order valence-corrected chi connectivity index (χ2v) is 10.1. The van der Waals surface area contributed by atoms with Gasteiger partial charge < -0.3 is 10.2 Å². The van der Waals surface area contributed by atoms with Crippen molar-refractivity contribution < 1.29 is 4.79 Å². The zero-order chi connectivity index (χ0) is 21.5. The minimum Gasteiger partial charge on any atom is -0.334 e. The van der Waals surface area contributed by atoms with E-state index in [2.05, 4.69) is 83.6 Å². The number of nitrogens with zero attached hydrogens (tertiary/aromatic N) is 2. The molecule has 2 aromatic carbocycles. The smallest absolute Gasteiger partial charge is 0.247 e. The van der Waals surface area contributed by atoms with Gasteiger partial charge in [0, 0.05) is 24.8 Å². The predicted octanol–water partition coefficient (Wildman–Crippen LogP) is 4.92. The molecule has 2 heterocycles. The topological polar surface area (TPSA) is 35.6 Å². The van der Waals surface area contributed by atoms with Gasteiger partial charge in [-0.15, -0.1) is 0 Å². The normalized spacial score (nSPS) is 27.9. The van der Waals surface area contributed by atoms with Crippen molar-refractivity contribution in [3.8, 4) is 0 Å². The van der Waals surface area contributed by atoms with Crippen molar-refractivity contribution in [2.45, 2.75) is 75.5 Å². The minimum absolute atomic E-state index is 0.198. The predicted molar refractivity (Wildman–Crippen MR) is 126 cm³/mol. The second kappa shape index (κ2) is 7.98. The summed E-state index contributed by atoms with van der Waals surface area (Å²) < 4.78 is 0. The van der Waals surface area contributed by atoms with Crippen LogP contribution in [0.25, 0.3) is 0 Å². The molecule has 4 nitrogen and oxygen atoms in total. The van der Waals surface area contributed by atoms with E-state index < -0.39 is 5.54 Å². The van der Waals surface area contributed by atoms with E-state index in [1.165, 1.54) is 31.2 Å². The largest absolute Gasteiger partial charge is 0.334 e. The van der Waals surface area contributed by atoms with Gasteiger partial charge in [0.1, 0.15) is 11.2 Å². The van der Waals surface area contributed by atoms with E-state index in [1.54, 1.807) is 0 Å². The first-order valence-electron chi connectivity index (χ1n) is 12.0. The molecular weight excluding hydrogens is 382 g/mol. The lowest BCUT2D eigenvalue weighted by atomic mass is 9.77. The summed E-state index contributed by atoms with van der Waals surface area (Å²) >= 11 is 0. The molecule has 0 aromatic heterocycles. The Hall–Kier alpha value is -2.33. The standard InChI is InChI=1S/C27H35N3O/c1-26(2)28-25(31)27(30(26)22-13-7-4-8-14-22)17-19-29(20-18-27)24-16-10-9-15-23(24)21-11-5-3-6-12-21/h3-8,11-14,23-24H,9-10,15-20H2,1-2H3,(H,28,31)/t23-,24-/m1/s1. The summed E-state index contributed by atoms with van der Waals surface area (Å²) in [6, 6.07) is 22.1. The lowest BCUT2D eigenvalue weighted by Crippen LogP contribution is -2.61. The van der Waals surface area contributed by atoms with Gasteiger partial charge in [0.2, 0.25) is 5.91 Å². The Bertz CT molecular complexity index is 903. The first-order chi connectivity index (χ1) is 15.0. The van der Waals surface area contributed by atoms with E-state index in [1.807, 2.05) is 6.07 Å². The van der Waals surface area contributed by atoms with Crippen molar-refractivity contribution in [3.63, 3.8) is 0 Å². The third-order valence-corrected chi connectivity index (χ3v) is 7.89. The molecule has 2 saturated heterocycles. The molecule has 164 valence electrons. The Labute approximate surface area is 186 Å². The summed E-state index contributed by atoms with van der Waals surface area (Å²) in [5, 5.41) is 3.30.